The molecule has 0 aliphatic rings. The molecule has 1 N–H and O–H groups in total. The number of carbonyl (C=O) groups is 1. The summed E-state index contributed by atoms with van der Waals surface area (Å²) in [5, 5.41) is 13.2. The molecule has 2 aromatic heterocycles. The van der Waals surface area contributed by atoms with Gasteiger partial charge in [0.05, 0.1) is 12.4 Å². The number of aromatic nitrogens is 2. The lowest BCUT2D eigenvalue weighted by atomic mass is 10.5. The van der Waals surface area contributed by atoms with Gasteiger partial charge >= 0.3 is 5.97 Å². The summed E-state index contributed by atoms with van der Waals surface area (Å²) in [5.74, 6) is -0.385. The summed E-state index contributed by atoms with van der Waals surface area (Å²) in [6.07, 6.45) is 3.06. The first-order valence-electron chi connectivity index (χ1n) is 4.62. The van der Waals surface area contributed by atoms with E-state index in [1.807, 2.05) is 19.1 Å². The SMILES string of the molecule is Cc1ccc(Oc2cnn(CC(=O)O)c2)s1. The third-order valence-electron chi connectivity index (χ3n) is 1.84. The highest BCUT2D eigenvalue weighted by Gasteiger charge is 2.05. The maximum Gasteiger partial charge on any atom is 0.325 e. The molecule has 84 valence electrons. The highest BCUT2D eigenvalue weighted by Crippen LogP contribution is 2.28. The molecule has 6 heteroatoms. The van der Waals surface area contributed by atoms with Gasteiger partial charge in [-0.2, -0.15) is 5.10 Å². The number of aryl methyl sites for hydroxylation is 1. The lowest BCUT2D eigenvalue weighted by molar-refractivity contribution is -0.137. The fourth-order valence-electron chi connectivity index (χ4n) is 1.21. The molecule has 0 aromatic carbocycles. The minimum atomic E-state index is -0.929. The van der Waals surface area contributed by atoms with Crippen LogP contribution in [0.1, 0.15) is 4.88 Å². The minimum absolute atomic E-state index is 0.160. The Balaban J connectivity index is 2.05. The Morgan fingerprint density at radius 1 is 1.62 bits per heavy atom. The molecule has 0 saturated heterocycles. The predicted octanol–water partition coefficient (Wildman–Crippen LogP) is 2.13. The largest absolute Gasteiger partial charge is 0.480 e. The molecule has 0 bridgehead atoms. The van der Waals surface area contributed by atoms with Crippen LogP contribution in [-0.4, -0.2) is 20.9 Å². The summed E-state index contributed by atoms with van der Waals surface area (Å²) in [6, 6.07) is 3.83. The molecule has 0 unspecified atom stereocenters. The Morgan fingerprint density at radius 2 is 2.44 bits per heavy atom. The maximum atomic E-state index is 10.4. The van der Waals surface area contributed by atoms with Crippen molar-refractivity contribution >= 4 is 17.3 Å². The Hall–Kier alpha value is -1.82. The molecule has 0 aliphatic carbocycles. The van der Waals surface area contributed by atoms with E-state index in [0.717, 1.165) is 9.94 Å². The monoisotopic (exact) mass is 238 g/mol. The molecule has 0 fully saturated rings. The van der Waals surface area contributed by atoms with Crippen molar-refractivity contribution in [1.82, 2.24) is 9.78 Å². The van der Waals surface area contributed by atoms with Crippen molar-refractivity contribution in [2.24, 2.45) is 0 Å². The van der Waals surface area contributed by atoms with Crippen LogP contribution < -0.4 is 4.74 Å². The molecule has 5 nitrogen and oxygen atoms in total. The number of nitrogens with zero attached hydrogens (tertiary/aromatic N) is 2. The number of thiophene rings is 1. The number of rotatable bonds is 4. The summed E-state index contributed by atoms with van der Waals surface area (Å²) < 4.78 is 6.82. The van der Waals surface area contributed by atoms with Gasteiger partial charge in [-0.25, -0.2) is 0 Å². The van der Waals surface area contributed by atoms with Crippen LogP contribution in [0, 0.1) is 6.92 Å². The molecule has 0 spiro atoms. The number of aliphatic carboxylic acids is 1. The van der Waals surface area contributed by atoms with E-state index < -0.39 is 5.97 Å². The molecule has 0 atom stereocenters. The number of carboxylic acids is 1. The summed E-state index contributed by atoms with van der Waals surface area (Å²) in [7, 11) is 0. The standard InChI is InChI=1S/C10H10N2O3S/c1-7-2-3-10(16-7)15-8-4-11-12(5-8)6-9(13)14/h2-5H,6H2,1H3,(H,13,14). The van der Waals surface area contributed by atoms with Gasteiger partial charge in [0.25, 0.3) is 0 Å². The lowest BCUT2D eigenvalue weighted by Gasteiger charge is -1.97. The molecule has 2 heterocycles. The van der Waals surface area contributed by atoms with Gasteiger partial charge in [0.2, 0.25) is 0 Å². The topological polar surface area (TPSA) is 64.4 Å². The van der Waals surface area contributed by atoms with E-state index in [0.29, 0.717) is 5.75 Å². The van der Waals surface area contributed by atoms with E-state index in [4.69, 9.17) is 9.84 Å². The highest BCUT2D eigenvalue weighted by atomic mass is 32.1. The van der Waals surface area contributed by atoms with Gasteiger partial charge < -0.3 is 9.84 Å². The molecule has 0 aliphatic heterocycles. The zero-order valence-electron chi connectivity index (χ0n) is 8.58. The number of hydrogen-bond donors (Lipinski definition) is 1. The van der Waals surface area contributed by atoms with Crippen LogP contribution in [0.15, 0.2) is 24.5 Å². The third kappa shape index (κ3) is 2.60. The average Bonchev–Trinajstić information content (AvgIpc) is 2.76. The van der Waals surface area contributed by atoms with Crippen molar-refractivity contribution in [2.45, 2.75) is 13.5 Å². The van der Waals surface area contributed by atoms with Crippen LogP contribution in [0.4, 0.5) is 0 Å². The van der Waals surface area contributed by atoms with E-state index in [1.165, 1.54) is 22.2 Å². The zero-order chi connectivity index (χ0) is 11.5. The van der Waals surface area contributed by atoms with Crippen molar-refractivity contribution in [3.05, 3.63) is 29.4 Å². The first kappa shape index (κ1) is 10.7. The van der Waals surface area contributed by atoms with Crippen molar-refractivity contribution in [3.63, 3.8) is 0 Å². The summed E-state index contributed by atoms with van der Waals surface area (Å²) in [4.78, 5) is 11.6. The highest BCUT2D eigenvalue weighted by molar-refractivity contribution is 7.13. The second-order valence-corrected chi connectivity index (χ2v) is 4.48. The Labute approximate surface area is 95.9 Å². The fraction of sp³-hybridized carbons (Fsp3) is 0.200. The van der Waals surface area contributed by atoms with E-state index in [-0.39, 0.29) is 6.54 Å². The minimum Gasteiger partial charge on any atom is -0.480 e. The summed E-state index contributed by atoms with van der Waals surface area (Å²) in [5.41, 5.74) is 0. The molecule has 2 aromatic rings. The fourth-order valence-corrected chi connectivity index (χ4v) is 1.93. The van der Waals surface area contributed by atoms with Crippen molar-refractivity contribution in [1.29, 1.82) is 0 Å². The van der Waals surface area contributed by atoms with E-state index >= 15 is 0 Å². The van der Waals surface area contributed by atoms with E-state index in [2.05, 4.69) is 5.10 Å². The van der Waals surface area contributed by atoms with Crippen LogP contribution >= 0.6 is 11.3 Å². The molecule has 2 rings (SSSR count). The number of hydrogen-bond acceptors (Lipinski definition) is 4. The Morgan fingerprint density at radius 3 is 3.06 bits per heavy atom. The van der Waals surface area contributed by atoms with Gasteiger partial charge in [-0.3, -0.25) is 9.48 Å². The van der Waals surface area contributed by atoms with Crippen molar-refractivity contribution < 1.29 is 14.6 Å². The average molecular weight is 238 g/mol. The number of ether oxygens (including phenoxy) is 1. The summed E-state index contributed by atoms with van der Waals surface area (Å²) in [6.45, 7) is 1.83. The van der Waals surface area contributed by atoms with Crippen molar-refractivity contribution in [3.8, 4) is 10.8 Å². The second kappa shape index (κ2) is 4.36. The Kier molecular flexibility index (Phi) is 2.91. The predicted molar refractivity (Wildman–Crippen MR) is 59.0 cm³/mol. The normalized spacial score (nSPS) is 10.3. The van der Waals surface area contributed by atoms with Crippen LogP contribution in [0.3, 0.4) is 0 Å². The van der Waals surface area contributed by atoms with Gasteiger partial charge in [-0.15, -0.1) is 11.3 Å². The van der Waals surface area contributed by atoms with Gasteiger partial charge in [0, 0.05) is 4.88 Å². The molecule has 0 saturated carbocycles. The molecular weight excluding hydrogens is 228 g/mol. The van der Waals surface area contributed by atoms with Crippen molar-refractivity contribution in [2.75, 3.05) is 0 Å². The van der Waals surface area contributed by atoms with Crippen LogP contribution in [-0.2, 0) is 11.3 Å². The third-order valence-corrected chi connectivity index (χ3v) is 2.72. The van der Waals surface area contributed by atoms with E-state index in [9.17, 15) is 4.79 Å². The Bertz CT molecular complexity index is 504. The maximum absolute atomic E-state index is 10.4. The summed E-state index contributed by atoms with van der Waals surface area (Å²) >= 11 is 1.53. The lowest BCUT2D eigenvalue weighted by Crippen LogP contribution is -2.08. The zero-order valence-corrected chi connectivity index (χ0v) is 9.40. The van der Waals surface area contributed by atoms with Crippen LogP contribution in [0.2, 0.25) is 0 Å². The smallest absolute Gasteiger partial charge is 0.325 e. The first-order chi connectivity index (χ1) is 7.63. The first-order valence-corrected chi connectivity index (χ1v) is 5.43. The van der Waals surface area contributed by atoms with Gasteiger partial charge in [-0.1, -0.05) is 0 Å². The molecular formula is C10H10N2O3S. The quantitative estimate of drug-likeness (QED) is 0.886. The van der Waals surface area contributed by atoms with Crippen LogP contribution in [0.5, 0.6) is 10.8 Å². The second-order valence-electron chi connectivity index (χ2n) is 3.23. The van der Waals surface area contributed by atoms with Gasteiger partial charge in [0.15, 0.2) is 10.8 Å². The van der Waals surface area contributed by atoms with Gasteiger partial charge in [-0.05, 0) is 19.1 Å². The van der Waals surface area contributed by atoms with E-state index in [1.54, 1.807) is 6.20 Å². The molecule has 0 radical (unpaired) electrons. The molecule has 0 amide bonds. The molecule has 16 heavy (non-hydrogen) atoms. The van der Waals surface area contributed by atoms with Crippen LogP contribution in [0.25, 0.3) is 0 Å². The van der Waals surface area contributed by atoms with Gasteiger partial charge in [0.1, 0.15) is 6.54 Å². The number of carboxylic acid groups (broad SMARTS) is 1.